The van der Waals surface area contributed by atoms with Gasteiger partial charge in [-0.15, -0.1) is 0 Å². The molecule has 0 spiro atoms. The Labute approximate surface area is 128 Å². The molecule has 1 fully saturated rings. The van der Waals surface area contributed by atoms with E-state index in [0.717, 1.165) is 4.90 Å². The summed E-state index contributed by atoms with van der Waals surface area (Å²) in [5, 5.41) is 2.76. The van der Waals surface area contributed by atoms with E-state index in [4.69, 9.17) is 5.73 Å². The fourth-order valence-electron chi connectivity index (χ4n) is 2.39. The summed E-state index contributed by atoms with van der Waals surface area (Å²) >= 11 is 0. The number of carbonyl (C=O) groups is 2. The normalized spacial score (nSPS) is 16.8. The summed E-state index contributed by atoms with van der Waals surface area (Å²) in [5.41, 5.74) is 4.82. The molecule has 2 rings (SSSR count). The predicted molar refractivity (Wildman–Crippen MR) is 81.0 cm³/mol. The van der Waals surface area contributed by atoms with E-state index in [1.807, 2.05) is 13.8 Å². The van der Waals surface area contributed by atoms with E-state index in [2.05, 4.69) is 20.3 Å². The second-order valence-corrected chi connectivity index (χ2v) is 5.41. The van der Waals surface area contributed by atoms with Crippen LogP contribution in [-0.2, 0) is 11.3 Å². The van der Waals surface area contributed by atoms with E-state index < -0.39 is 11.6 Å². The molecule has 1 aromatic rings. The van der Waals surface area contributed by atoms with Gasteiger partial charge in [-0.25, -0.2) is 4.79 Å². The molecule has 0 aliphatic carbocycles. The van der Waals surface area contributed by atoms with Crippen molar-refractivity contribution in [2.24, 2.45) is 0 Å². The number of nitrogens with one attached hydrogen (secondary N) is 1. The number of urea groups is 1. The van der Waals surface area contributed by atoms with Gasteiger partial charge in [-0.3, -0.25) is 9.69 Å². The summed E-state index contributed by atoms with van der Waals surface area (Å²) in [6, 6.07) is -0.431. The molecule has 0 radical (unpaired) electrons. The average Bonchev–Trinajstić information content (AvgIpc) is 2.71. The summed E-state index contributed by atoms with van der Waals surface area (Å²) in [6.45, 7) is 3.71. The Bertz CT molecular complexity index is 598. The van der Waals surface area contributed by atoms with Gasteiger partial charge >= 0.3 is 6.03 Å². The molecule has 0 bridgehead atoms. The van der Waals surface area contributed by atoms with Crippen molar-refractivity contribution in [3.05, 3.63) is 5.82 Å². The van der Waals surface area contributed by atoms with Crippen molar-refractivity contribution in [3.63, 3.8) is 0 Å². The largest absolute Gasteiger partial charge is 0.368 e. The maximum Gasteiger partial charge on any atom is 0.325 e. The van der Waals surface area contributed by atoms with Gasteiger partial charge in [0.05, 0.1) is 6.54 Å². The van der Waals surface area contributed by atoms with E-state index in [9.17, 15) is 9.59 Å². The van der Waals surface area contributed by atoms with Crippen LogP contribution in [0, 0.1) is 0 Å². The van der Waals surface area contributed by atoms with Gasteiger partial charge in [0.15, 0.2) is 5.82 Å². The van der Waals surface area contributed by atoms with Crippen molar-refractivity contribution in [1.82, 2.24) is 25.2 Å². The smallest absolute Gasteiger partial charge is 0.325 e. The van der Waals surface area contributed by atoms with Crippen LogP contribution in [0.3, 0.4) is 0 Å². The number of nitrogens with two attached hydrogens (primary N) is 1. The number of imide groups is 1. The first kappa shape index (κ1) is 15.9. The molecule has 2 heterocycles. The lowest BCUT2D eigenvalue weighted by Gasteiger charge is -2.23. The van der Waals surface area contributed by atoms with Crippen LogP contribution in [0.25, 0.3) is 0 Å². The highest BCUT2D eigenvalue weighted by Crippen LogP contribution is 2.25. The Morgan fingerprint density at radius 3 is 2.32 bits per heavy atom. The molecule has 0 atom stereocenters. The van der Waals surface area contributed by atoms with Crippen molar-refractivity contribution in [2.45, 2.75) is 38.8 Å². The SMILES string of the molecule is CCC1(CC)NC(=O)N(Cc2nc(N)nc(N(C)C)n2)C1=O. The van der Waals surface area contributed by atoms with Gasteiger partial charge in [0, 0.05) is 14.1 Å². The average molecular weight is 307 g/mol. The fourth-order valence-corrected chi connectivity index (χ4v) is 2.39. The zero-order valence-corrected chi connectivity index (χ0v) is 13.3. The second-order valence-electron chi connectivity index (χ2n) is 5.41. The second kappa shape index (κ2) is 5.74. The monoisotopic (exact) mass is 307 g/mol. The van der Waals surface area contributed by atoms with Gasteiger partial charge in [-0.2, -0.15) is 15.0 Å². The maximum atomic E-state index is 12.5. The number of carbonyl (C=O) groups excluding carboxylic acids is 2. The number of anilines is 2. The minimum Gasteiger partial charge on any atom is -0.368 e. The van der Waals surface area contributed by atoms with Crippen molar-refractivity contribution in [1.29, 1.82) is 0 Å². The van der Waals surface area contributed by atoms with Gasteiger partial charge in [0.25, 0.3) is 5.91 Å². The van der Waals surface area contributed by atoms with Crippen LogP contribution in [0.15, 0.2) is 0 Å². The molecule has 0 aromatic carbocycles. The van der Waals surface area contributed by atoms with Crippen LogP contribution in [-0.4, -0.2) is 51.4 Å². The summed E-state index contributed by atoms with van der Waals surface area (Å²) in [7, 11) is 3.54. The first-order valence-electron chi connectivity index (χ1n) is 7.14. The molecule has 22 heavy (non-hydrogen) atoms. The highest BCUT2D eigenvalue weighted by molar-refractivity contribution is 6.06. The molecule has 3 amide bonds. The lowest BCUT2D eigenvalue weighted by Crippen LogP contribution is -2.45. The number of aromatic nitrogens is 3. The van der Waals surface area contributed by atoms with E-state index in [1.54, 1.807) is 19.0 Å². The van der Waals surface area contributed by atoms with Crippen LogP contribution in [0.4, 0.5) is 16.7 Å². The molecular weight excluding hydrogens is 286 g/mol. The zero-order valence-electron chi connectivity index (χ0n) is 13.3. The van der Waals surface area contributed by atoms with Crippen molar-refractivity contribution in [3.8, 4) is 0 Å². The lowest BCUT2D eigenvalue weighted by atomic mass is 9.93. The molecule has 0 unspecified atom stereocenters. The molecule has 1 saturated heterocycles. The van der Waals surface area contributed by atoms with Crippen molar-refractivity contribution < 1.29 is 9.59 Å². The van der Waals surface area contributed by atoms with Crippen LogP contribution in [0.5, 0.6) is 0 Å². The number of nitrogen functional groups attached to an aromatic ring is 1. The predicted octanol–water partition coefficient (Wildman–Crippen LogP) is 0.130. The standard InChI is InChI=1S/C13H21N7O2/c1-5-13(6-2)9(21)20(12(22)18-13)7-8-15-10(14)17-11(16-8)19(3)4/h5-7H2,1-4H3,(H,18,22)(H2,14,15,16,17). The van der Waals surface area contributed by atoms with Crippen molar-refractivity contribution >= 4 is 23.8 Å². The maximum absolute atomic E-state index is 12.5. The van der Waals surface area contributed by atoms with Crippen LogP contribution in [0.1, 0.15) is 32.5 Å². The number of rotatable bonds is 5. The summed E-state index contributed by atoms with van der Waals surface area (Å²) in [4.78, 5) is 39.6. The lowest BCUT2D eigenvalue weighted by molar-refractivity contribution is -0.132. The molecular formula is C13H21N7O2. The molecule has 0 saturated carbocycles. The van der Waals surface area contributed by atoms with Crippen molar-refractivity contribution in [2.75, 3.05) is 24.7 Å². The third kappa shape index (κ3) is 2.66. The molecule has 120 valence electrons. The number of amides is 3. The number of nitrogens with zero attached hydrogens (tertiary/aromatic N) is 5. The molecule has 1 aromatic heterocycles. The third-order valence-electron chi connectivity index (χ3n) is 3.84. The minimum atomic E-state index is -0.833. The summed E-state index contributed by atoms with van der Waals surface area (Å²) in [6.07, 6.45) is 1.07. The molecule has 9 heteroatoms. The van der Waals surface area contributed by atoms with Gasteiger partial charge in [0.1, 0.15) is 5.54 Å². The Kier molecular flexibility index (Phi) is 4.16. The fraction of sp³-hybridized carbons (Fsp3) is 0.615. The highest BCUT2D eigenvalue weighted by atomic mass is 16.2. The van der Waals surface area contributed by atoms with Crippen LogP contribution < -0.4 is 16.0 Å². The van der Waals surface area contributed by atoms with Gasteiger partial charge in [-0.1, -0.05) is 13.8 Å². The number of hydrogen-bond donors (Lipinski definition) is 2. The Morgan fingerprint density at radius 2 is 1.82 bits per heavy atom. The Balaban J connectivity index is 2.28. The molecule has 1 aliphatic heterocycles. The highest BCUT2D eigenvalue weighted by Gasteiger charge is 2.48. The first-order valence-corrected chi connectivity index (χ1v) is 7.14. The van der Waals surface area contributed by atoms with E-state index in [1.165, 1.54) is 0 Å². The number of hydrogen-bond acceptors (Lipinski definition) is 7. The topological polar surface area (TPSA) is 117 Å². The minimum absolute atomic E-state index is 0.0278. The van der Waals surface area contributed by atoms with E-state index >= 15 is 0 Å². The Hall–Kier alpha value is -2.45. The van der Waals surface area contributed by atoms with Gasteiger partial charge < -0.3 is 16.0 Å². The third-order valence-corrected chi connectivity index (χ3v) is 3.84. The summed E-state index contributed by atoms with van der Waals surface area (Å²) in [5.74, 6) is 0.459. The first-order chi connectivity index (χ1) is 10.3. The quantitative estimate of drug-likeness (QED) is 0.742. The van der Waals surface area contributed by atoms with Gasteiger partial charge in [-0.05, 0) is 12.8 Å². The Morgan fingerprint density at radius 1 is 1.18 bits per heavy atom. The zero-order chi connectivity index (χ0) is 16.5. The van der Waals surface area contributed by atoms with Crippen LogP contribution >= 0.6 is 0 Å². The summed E-state index contributed by atoms with van der Waals surface area (Å²) < 4.78 is 0. The van der Waals surface area contributed by atoms with Crippen LogP contribution in [0.2, 0.25) is 0 Å². The van der Waals surface area contributed by atoms with E-state index in [-0.39, 0.29) is 24.2 Å². The molecule has 1 aliphatic rings. The molecule has 9 nitrogen and oxygen atoms in total. The molecule has 3 N–H and O–H groups in total. The van der Waals surface area contributed by atoms with Gasteiger partial charge in [0.2, 0.25) is 11.9 Å². The van der Waals surface area contributed by atoms with E-state index in [0.29, 0.717) is 18.8 Å².